The maximum atomic E-state index is 12.5. The molecule has 0 aliphatic carbocycles. The second-order valence-corrected chi connectivity index (χ2v) is 5.47. The maximum absolute atomic E-state index is 12.5. The van der Waals surface area contributed by atoms with Crippen molar-refractivity contribution in [3.8, 4) is 0 Å². The van der Waals surface area contributed by atoms with Crippen molar-refractivity contribution >= 4 is 11.7 Å². The second-order valence-electron chi connectivity index (χ2n) is 5.47. The molecule has 0 radical (unpaired) electrons. The molecule has 1 aromatic heterocycles. The van der Waals surface area contributed by atoms with Crippen LogP contribution in [0.25, 0.3) is 0 Å². The smallest absolute Gasteiger partial charge is 0.324 e. The van der Waals surface area contributed by atoms with E-state index in [1.54, 1.807) is 36.3 Å². The van der Waals surface area contributed by atoms with Gasteiger partial charge in [0, 0.05) is 32.2 Å². The van der Waals surface area contributed by atoms with Crippen LogP contribution in [0.5, 0.6) is 0 Å². The van der Waals surface area contributed by atoms with Crippen LogP contribution in [0.1, 0.15) is 16.7 Å². The van der Waals surface area contributed by atoms with Crippen LogP contribution >= 0.6 is 0 Å². The molecule has 0 saturated carbocycles. The number of carbonyl (C=O) groups excluding carboxylic acids is 1. The molecule has 0 saturated heterocycles. The largest absolute Gasteiger partial charge is 0.330 e. The number of nitrogens with zero attached hydrogens (tertiary/aromatic N) is 3. The van der Waals surface area contributed by atoms with Gasteiger partial charge in [-0.1, -0.05) is 12.1 Å². The van der Waals surface area contributed by atoms with Gasteiger partial charge >= 0.3 is 6.03 Å². The average Bonchev–Trinajstić information content (AvgIpc) is 2.44. The summed E-state index contributed by atoms with van der Waals surface area (Å²) in [5, 5.41) is 0. The van der Waals surface area contributed by atoms with E-state index < -0.39 is 0 Å². The number of aromatic nitrogens is 1. The van der Waals surface area contributed by atoms with E-state index in [9.17, 15) is 4.79 Å². The van der Waals surface area contributed by atoms with Gasteiger partial charge in [0.05, 0.1) is 6.54 Å². The lowest BCUT2D eigenvalue weighted by molar-refractivity contribution is 0.223. The van der Waals surface area contributed by atoms with Gasteiger partial charge < -0.3 is 4.90 Å². The second kappa shape index (κ2) is 6.39. The zero-order chi connectivity index (χ0) is 15.4. The quantitative estimate of drug-likeness (QED) is 0.865. The molecule has 4 nitrogen and oxygen atoms in total. The van der Waals surface area contributed by atoms with Crippen LogP contribution in [0, 0.1) is 13.8 Å². The van der Waals surface area contributed by atoms with Gasteiger partial charge in [0.1, 0.15) is 0 Å². The summed E-state index contributed by atoms with van der Waals surface area (Å²) in [6, 6.07) is 9.99. The van der Waals surface area contributed by atoms with E-state index in [2.05, 4.69) is 11.1 Å². The molecule has 0 aliphatic heterocycles. The topological polar surface area (TPSA) is 36.4 Å². The Kier molecular flexibility index (Phi) is 4.58. The lowest BCUT2D eigenvalue weighted by atomic mass is 10.1. The number of anilines is 1. The van der Waals surface area contributed by atoms with Crippen LogP contribution in [-0.2, 0) is 6.54 Å². The van der Waals surface area contributed by atoms with E-state index in [0.29, 0.717) is 6.54 Å². The van der Waals surface area contributed by atoms with Gasteiger partial charge in [0.15, 0.2) is 0 Å². The monoisotopic (exact) mass is 283 g/mol. The molecule has 110 valence electrons. The molecule has 0 unspecified atom stereocenters. The van der Waals surface area contributed by atoms with E-state index in [-0.39, 0.29) is 6.03 Å². The fourth-order valence-corrected chi connectivity index (χ4v) is 2.29. The number of hydrogen-bond donors (Lipinski definition) is 0. The Balaban J connectivity index is 2.38. The number of rotatable bonds is 3. The fraction of sp³-hybridized carbons (Fsp3) is 0.294. The van der Waals surface area contributed by atoms with E-state index in [1.807, 2.05) is 38.1 Å². The molecule has 21 heavy (non-hydrogen) atoms. The highest BCUT2D eigenvalue weighted by Gasteiger charge is 2.18. The Morgan fingerprint density at radius 2 is 1.81 bits per heavy atom. The van der Waals surface area contributed by atoms with Gasteiger partial charge in [-0.2, -0.15) is 0 Å². The minimum absolute atomic E-state index is 0.0381. The predicted molar refractivity (Wildman–Crippen MR) is 85.4 cm³/mol. The first kappa shape index (κ1) is 15.0. The zero-order valence-electron chi connectivity index (χ0n) is 13.0. The van der Waals surface area contributed by atoms with Crippen LogP contribution in [-0.4, -0.2) is 30.0 Å². The van der Waals surface area contributed by atoms with Crippen LogP contribution in [0.15, 0.2) is 42.7 Å². The van der Waals surface area contributed by atoms with Crippen LogP contribution < -0.4 is 4.90 Å². The van der Waals surface area contributed by atoms with Crippen molar-refractivity contribution in [2.24, 2.45) is 0 Å². The molecule has 0 aliphatic rings. The number of pyridine rings is 1. The Morgan fingerprint density at radius 1 is 1.14 bits per heavy atom. The minimum atomic E-state index is -0.0381. The molecule has 1 heterocycles. The van der Waals surface area contributed by atoms with Crippen molar-refractivity contribution < 1.29 is 4.79 Å². The fourth-order valence-electron chi connectivity index (χ4n) is 2.29. The van der Waals surface area contributed by atoms with E-state index in [0.717, 1.165) is 22.4 Å². The summed E-state index contributed by atoms with van der Waals surface area (Å²) in [5.41, 5.74) is 4.21. The van der Waals surface area contributed by atoms with Crippen LogP contribution in [0.2, 0.25) is 0 Å². The Labute approximate surface area is 126 Å². The Morgan fingerprint density at radius 3 is 2.33 bits per heavy atom. The van der Waals surface area contributed by atoms with Gasteiger partial charge in [0.2, 0.25) is 0 Å². The summed E-state index contributed by atoms with van der Waals surface area (Å²) < 4.78 is 0. The summed E-state index contributed by atoms with van der Waals surface area (Å²) in [6.07, 6.45) is 3.52. The van der Waals surface area contributed by atoms with Crippen molar-refractivity contribution in [1.29, 1.82) is 0 Å². The molecule has 0 atom stereocenters. The lowest BCUT2D eigenvalue weighted by Crippen LogP contribution is -2.39. The molecular formula is C17H21N3O. The van der Waals surface area contributed by atoms with E-state index >= 15 is 0 Å². The highest BCUT2D eigenvalue weighted by molar-refractivity contribution is 5.91. The van der Waals surface area contributed by atoms with Gasteiger partial charge in [-0.05, 0) is 48.7 Å². The molecule has 0 spiro atoms. The van der Waals surface area contributed by atoms with E-state index in [4.69, 9.17) is 0 Å². The number of amides is 2. The molecule has 2 aromatic rings. The first-order valence-electron chi connectivity index (χ1n) is 6.93. The molecule has 0 N–H and O–H groups in total. The van der Waals surface area contributed by atoms with Gasteiger partial charge in [-0.25, -0.2) is 4.79 Å². The van der Waals surface area contributed by atoms with Crippen LogP contribution in [0.4, 0.5) is 10.5 Å². The lowest BCUT2D eigenvalue weighted by Gasteiger charge is -2.27. The number of urea groups is 1. The maximum Gasteiger partial charge on any atom is 0.324 e. The van der Waals surface area contributed by atoms with Crippen molar-refractivity contribution in [2.45, 2.75) is 20.4 Å². The molecular weight excluding hydrogens is 262 g/mol. The highest BCUT2D eigenvalue weighted by atomic mass is 16.2. The summed E-state index contributed by atoms with van der Waals surface area (Å²) in [7, 11) is 3.53. The molecule has 4 heteroatoms. The summed E-state index contributed by atoms with van der Waals surface area (Å²) in [4.78, 5) is 20.0. The standard InChI is InChI=1S/C17H21N3O/c1-13-8-14(2)10-16(9-13)20(17(21)19(3)4)12-15-6-5-7-18-11-15/h5-11H,12H2,1-4H3. The summed E-state index contributed by atoms with van der Waals surface area (Å²) in [6.45, 7) is 4.59. The SMILES string of the molecule is Cc1cc(C)cc(N(Cc2cccnc2)C(=O)N(C)C)c1. The van der Waals surface area contributed by atoms with Crippen LogP contribution in [0.3, 0.4) is 0 Å². The first-order valence-corrected chi connectivity index (χ1v) is 6.93. The van der Waals surface area contributed by atoms with E-state index in [1.165, 1.54) is 0 Å². The Bertz CT molecular complexity index is 603. The van der Waals surface area contributed by atoms with Crippen molar-refractivity contribution in [3.63, 3.8) is 0 Å². The minimum Gasteiger partial charge on any atom is -0.330 e. The molecule has 1 aromatic carbocycles. The normalized spacial score (nSPS) is 10.3. The molecule has 0 fully saturated rings. The number of hydrogen-bond acceptors (Lipinski definition) is 2. The number of carbonyl (C=O) groups is 1. The third-order valence-corrected chi connectivity index (χ3v) is 3.20. The third-order valence-electron chi connectivity index (χ3n) is 3.20. The third kappa shape index (κ3) is 3.81. The molecule has 0 bridgehead atoms. The summed E-state index contributed by atoms with van der Waals surface area (Å²) >= 11 is 0. The molecule has 2 rings (SSSR count). The van der Waals surface area contributed by atoms with Crippen molar-refractivity contribution in [2.75, 3.05) is 19.0 Å². The number of aryl methyl sites for hydroxylation is 2. The highest BCUT2D eigenvalue weighted by Crippen LogP contribution is 2.22. The van der Waals surface area contributed by atoms with Gasteiger partial charge in [-0.3, -0.25) is 9.88 Å². The Hall–Kier alpha value is -2.36. The number of benzene rings is 1. The van der Waals surface area contributed by atoms with Crippen molar-refractivity contribution in [3.05, 3.63) is 59.4 Å². The predicted octanol–water partition coefficient (Wildman–Crippen LogP) is 3.39. The average molecular weight is 283 g/mol. The zero-order valence-corrected chi connectivity index (χ0v) is 13.0. The van der Waals surface area contributed by atoms with Crippen molar-refractivity contribution in [1.82, 2.24) is 9.88 Å². The molecule has 2 amide bonds. The van der Waals surface area contributed by atoms with Gasteiger partial charge in [-0.15, -0.1) is 0 Å². The first-order chi connectivity index (χ1) is 9.97. The summed E-state index contributed by atoms with van der Waals surface area (Å²) in [5.74, 6) is 0. The van der Waals surface area contributed by atoms with Gasteiger partial charge in [0.25, 0.3) is 0 Å².